The van der Waals surface area contributed by atoms with Gasteiger partial charge in [0, 0.05) is 18.3 Å². The molecule has 1 heterocycles. The minimum absolute atomic E-state index is 1.06. The molecule has 3 saturated carbocycles. The summed E-state index contributed by atoms with van der Waals surface area (Å²) in [5, 5.41) is 0. The monoisotopic (exact) mass is 192 g/mol. The van der Waals surface area contributed by atoms with Crippen LogP contribution in [0.15, 0.2) is 0 Å². The summed E-state index contributed by atoms with van der Waals surface area (Å²) in [7, 11) is 4.96. The van der Waals surface area contributed by atoms with Crippen molar-refractivity contribution in [3.63, 3.8) is 0 Å². The van der Waals surface area contributed by atoms with Gasteiger partial charge < -0.3 is 4.48 Å². The highest BCUT2D eigenvalue weighted by atomic mass is 15.4. The lowest BCUT2D eigenvalue weighted by atomic mass is 9.74. The Morgan fingerprint density at radius 3 is 2.36 bits per heavy atom. The van der Waals surface area contributed by atoms with Gasteiger partial charge in [0.2, 0.25) is 0 Å². The highest BCUT2D eigenvalue weighted by Gasteiger charge is 2.66. The van der Waals surface area contributed by atoms with Crippen LogP contribution in [0.5, 0.6) is 0 Å². The summed E-state index contributed by atoms with van der Waals surface area (Å²) >= 11 is 0. The summed E-state index contributed by atoms with van der Waals surface area (Å²) < 4.78 is 1.36. The second-order valence-electron chi connectivity index (χ2n) is 7.01. The zero-order valence-corrected chi connectivity index (χ0v) is 9.45. The summed E-state index contributed by atoms with van der Waals surface area (Å²) in [5.74, 6) is 5.78. The molecule has 0 aromatic heterocycles. The molecule has 4 bridgehead atoms. The highest BCUT2D eigenvalue weighted by molar-refractivity contribution is 5.08. The van der Waals surface area contributed by atoms with Gasteiger partial charge in [0.15, 0.2) is 0 Å². The van der Waals surface area contributed by atoms with E-state index < -0.39 is 0 Å². The fourth-order valence-electron chi connectivity index (χ4n) is 5.96. The van der Waals surface area contributed by atoms with Crippen molar-refractivity contribution in [2.24, 2.45) is 29.6 Å². The van der Waals surface area contributed by atoms with Crippen molar-refractivity contribution in [2.75, 3.05) is 20.6 Å². The molecule has 0 aromatic rings. The molecule has 78 valence electrons. The van der Waals surface area contributed by atoms with Gasteiger partial charge in [-0.25, -0.2) is 0 Å². The van der Waals surface area contributed by atoms with Crippen LogP contribution in [-0.4, -0.2) is 31.2 Å². The third-order valence-electron chi connectivity index (χ3n) is 6.18. The van der Waals surface area contributed by atoms with E-state index in [4.69, 9.17) is 0 Å². The first-order valence-corrected chi connectivity index (χ1v) is 6.49. The first-order chi connectivity index (χ1) is 6.67. The van der Waals surface area contributed by atoms with Crippen LogP contribution in [-0.2, 0) is 0 Å². The maximum absolute atomic E-state index is 2.48. The Bertz CT molecular complexity index is 283. The maximum Gasteiger partial charge on any atom is 0.0925 e. The first kappa shape index (κ1) is 8.15. The highest BCUT2D eigenvalue weighted by Crippen LogP contribution is 2.65. The molecular weight excluding hydrogens is 170 g/mol. The normalized spacial score (nSPS) is 62.1. The molecule has 3 aliphatic carbocycles. The predicted octanol–water partition coefficient (Wildman–Crippen LogP) is 2.13. The Hall–Kier alpha value is -0.0400. The lowest BCUT2D eigenvalue weighted by Crippen LogP contribution is -2.53. The molecule has 1 saturated heterocycles. The van der Waals surface area contributed by atoms with Gasteiger partial charge >= 0.3 is 0 Å². The van der Waals surface area contributed by atoms with Gasteiger partial charge in [0.25, 0.3) is 0 Å². The van der Waals surface area contributed by atoms with Gasteiger partial charge in [0.05, 0.1) is 26.7 Å². The van der Waals surface area contributed by atoms with Gasteiger partial charge in [-0.05, 0) is 37.0 Å². The van der Waals surface area contributed by atoms with Crippen LogP contribution in [0.25, 0.3) is 0 Å². The number of quaternary nitrogens is 1. The summed E-state index contributed by atoms with van der Waals surface area (Å²) in [4.78, 5) is 0. The SMILES string of the molecule is C[N+]1(C)CC2CC1C1C3CCC(C3)C21. The number of hydrogen-bond acceptors (Lipinski definition) is 0. The van der Waals surface area contributed by atoms with Gasteiger partial charge in [-0.3, -0.25) is 0 Å². The molecule has 0 spiro atoms. The van der Waals surface area contributed by atoms with Crippen molar-refractivity contribution in [2.45, 2.75) is 31.7 Å². The Morgan fingerprint density at radius 2 is 1.57 bits per heavy atom. The summed E-state index contributed by atoms with van der Waals surface area (Å²) in [6, 6.07) is 1.06. The number of piperidine rings is 1. The molecule has 6 unspecified atom stereocenters. The zero-order chi connectivity index (χ0) is 9.50. The van der Waals surface area contributed by atoms with E-state index in [1.165, 1.54) is 22.9 Å². The standard InChI is InChI=1S/C13H22N/c1-14(2)7-10-6-11(14)13-9-4-3-8(5-9)12(10)13/h8-13H,3-7H2,1-2H3/q+1. The smallest absolute Gasteiger partial charge is 0.0925 e. The van der Waals surface area contributed by atoms with Crippen LogP contribution >= 0.6 is 0 Å². The lowest BCUT2D eigenvalue weighted by Gasteiger charge is -2.44. The molecule has 4 fully saturated rings. The Balaban J connectivity index is 1.75. The second kappa shape index (κ2) is 2.21. The van der Waals surface area contributed by atoms with Crippen molar-refractivity contribution in [1.29, 1.82) is 0 Å². The lowest BCUT2D eigenvalue weighted by molar-refractivity contribution is -0.912. The van der Waals surface area contributed by atoms with Crippen LogP contribution in [0.1, 0.15) is 25.7 Å². The fraction of sp³-hybridized carbons (Fsp3) is 1.00. The number of likely N-dealkylation sites (tertiary alicyclic amines) is 1. The van der Waals surface area contributed by atoms with E-state index in [0.29, 0.717) is 0 Å². The number of fused-ring (bicyclic) bond motifs is 9. The van der Waals surface area contributed by atoms with Gasteiger partial charge in [0.1, 0.15) is 0 Å². The van der Waals surface area contributed by atoms with Crippen molar-refractivity contribution in [3.05, 3.63) is 0 Å². The Morgan fingerprint density at radius 1 is 0.857 bits per heavy atom. The van der Waals surface area contributed by atoms with Crippen LogP contribution in [0.2, 0.25) is 0 Å². The van der Waals surface area contributed by atoms with E-state index in [2.05, 4.69) is 14.1 Å². The quantitative estimate of drug-likeness (QED) is 0.407. The summed E-state index contributed by atoms with van der Waals surface area (Å²) in [6.07, 6.45) is 6.36. The second-order valence-corrected chi connectivity index (χ2v) is 7.01. The maximum atomic E-state index is 2.48. The van der Waals surface area contributed by atoms with Crippen LogP contribution in [0, 0.1) is 29.6 Å². The number of nitrogens with zero attached hydrogens (tertiary/aromatic N) is 1. The third-order valence-corrected chi connectivity index (χ3v) is 6.18. The average Bonchev–Trinajstić information content (AvgIpc) is 2.73. The van der Waals surface area contributed by atoms with E-state index in [0.717, 1.165) is 23.8 Å². The molecule has 14 heavy (non-hydrogen) atoms. The topological polar surface area (TPSA) is 0 Å². The molecule has 4 rings (SSSR count). The van der Waals surface area contributed by atoms with Crippen LogP contribution in [0.3, 0.4) is 0 Å². The molecule has 0 amide bonds. The summed E-state index contributed by atoms with van der Waals surface area (Å²) in [5.41, 5.74) is 0. The first-order valence-electron chi connectivity index (χ1n) is 6.49. The van der Waals surface area contributed by atoms with Crippen molar-refractivity contribution < 1.29 is 4.48 Å². The molecule has 0 N–H and O–H groups in total. The van der Waals surface area contributed by atoms with E-state index >= 15 is 0 Å². The van der Waals surface area contributed by atoms with Crippen molar-refractivity contribution in [1.82, 2.24) is 0 Å². The summed E-state index contributed by atoms with van der Waals surface area (Å²) in [6.45, 7) is 1.50. The average molecular weight is 192 g/mol. The van der Waals surface area contributed by atoms with Gasteiger partial charge in [-0.2, -0.15) is 0 Å². The molecule has 4 aliphatic rings. The van der Waals surface area contributed by atoms with Gasteiger partial charge in [-0.15, -0.1) is 0 Å². The molecule has 6 atom stereocenters. The van der Waals surface area contributed by atoms with E-state index in [-0.39, 0.29) is 0 Å². The minimum atomic E-state index is 1.06. The predicted molar refractivity (Wildman–Crippen MR) is 56.7 cm³/mol. The number of rotatable bonds is 0. The largest absolute Gasteiger partial charge is 0.326 e. The molecule has 1 nitrogen and oxygen atoms in total. The van der Waals surface area contributed by atoms with Crippen molar-refractivity contribution >= 4 is 0 Å². The van der Waals surface area contributed by atoms with Crippen molar-refractivity contribution in [3.8, 4) is 0 Å². The van der Waals surface area contributed by atoms with E-state index in [9.17, 15) is 0 Å². The van der Waals surface area contributed by atoms with Gasteiger partial charge in [-0.1, -0.05) is 0 Å². The molecular formula is C13H22N+. The fourth-order valence-corrected chi connectivity index (χ4v) is 5.96. The van der Waals surface area contributed by atoms with E-state index in [1.807, 2.05) is 0 Å². The Kier molecular flexibility index (Phi) is 1.29. The minimum Gasteiger partial charge on any atom is -0.326 e. The van der Waals surface area contributed by atoms with Crippen LogP contribution in [0.4, 0.5) is 0 Å². The Labute approximate surface area is 87.1 Å². The van der Waals surface area contributed by atoms with Crippen LogP contribution < -0.4 is 0 Å². The molecule has 1 heteroatoms. The van der Waals surface area contributed by atoms with E-state index in [1.54, 1.807) is 25.7 Å². The third kappa shape index (κ3) is 0.743. The molecule has 0 radical (unpaired) electrons. The molecule has 0 aromatic carbocycles. The molecule has 1 aliphatic heterocycles. The zero-order valence-electron chi connectivity index (χ0n) is 9.45. The number of hydrogen-bond donors (Lipinski definition) is 0.